The molecule has 0 saturated heterocycles. The highest BCUT2D eigenvalue weighted by Gasteiger charge is 2.16. The molecule has 0 radical (unpaired) electrons. The predicted octanol–water partition coefficient (Wildman–Crippen LogP) is 5.43. The Morgan fingerprint density at radius 3 is 2.19 bits per heavy atom. The fourth-order valence-corrected chi connectivity index (χ4v) is 3.56. The van der Waals surface area contributed by atoms with Gasteiger partial charge in [-0.15, -0.1) is 11.8 Å². The predicted molar refractivity (Wildman–Crippen MR) is 94.2 cm³/mol. The molecule has 0 amide bonds. The molecule has 112 valence electrons. The van der Waals surface area contributed by atoms with Gasteiger partial charge in [0.1, 0.15) is 0 Å². The lowest BCUT2D eigenvalue weighted by atomic mass is 9.87. The zero-order valence-corrected chi connectivity index (χ0v) is 14.3. The standard InChI is InChI=1S/C18H22ClNS/c1-18(2,3)13-8-10-14(11-9-13)21-17(12-20)15-6-4-5-7-16(15)19/h4-11,17H,12,20H2,1-3H3. The fraction of sp³-hybridized carbons (Fsp3) is 0.333. The van der Waals surface area contributed by atoms with Crippen LogP contribution in [0.25, 0.3) is 0 Å². The topological polar surface area (TPSA) is 26.0 Å². The van der Waals surface area contributed by atoms with Crippen molar-refractivity contribution >= 4 is 23.4 Å². The van der Waals surface area contributed by atoms with Gasteiger partial charge < -0.3 is 5.73 Å². The highest BCUT2D eigenvalue weighted by atomic mass is 35.5. The van der Waals surface area contributed by atoms with E-state index in [9.17, 15) is 0 Å². The molecule has 21 heavy (non-hydrogen) atoms. The molecule has 0 spiro atoms. The molecule has 0 aliphatic heterocycles. The first-order valence-corrected chi connectivity index (χ1v) is 8.39. The molecule has 2 N–H and O–H groups in total. The molecule has 0 heterocycles. The van der Waals surface area contributed by atoms with Gasteiger partial charge in [-0.3, -0.25) is 0 Å². The molecule has 0 aliphatic rings. The van der Waals surface area contributed by atoms with E-state index in [4.69, 9.17) is 17.3 Å². The van der Waals surface area contributed by atoms with Crippen LogP contribution in [0.5, 0.6) is 0 Å². The van der Waals surface area contributed by atoms with E-state index in [-0.39, 0.29) is 10.7 Å². The average molecular weight is 320 g/mol. The van der Waals surface area contributed by atoms with Gasteiger partial charge in [-0.25, -0.2) is 0 Å². The van der Waals surface area contributed by atoms with Crippen molar-refractivity contribution in [2.45, 2.75) is 36.3 Å². The summed E-state index contributed by atoms with van der Waals surface area (Å²) in [6.07, 6.45) is 0. The Labute approximate surface area is 136 Å². The minimum Gasteiger partial charge on any atom is -0.329 e. The molecule has 0 fully saturated rings. The second-order valence-electron chi connectivity index (χ2n) is 6.14. The van der Waals surface area contributed by atoms with Crippen molar-refractivity contribution in [3.05, 3.63) is 64.7 Å². The van der Waals surface area contributed by atoms with Crippen LogP contribution in [-0.2, 0) is 5.41 Å². The first-order valence-electron chi connectivity index (χ1n) is 7.13. The molecule has 2 aromatic carbocycles. The molecule has 1 nitrogen and oxygen atoms in total. The SMILES string of the molecule is CC(C)(C)c1ccc(SC(CN)c2ccccc2Cl)cc1. The van der Waals surface area contributed by atoms with Crippen LogP contribution in [0.4, 0.5) is 0 Å². The molecule has 0 saturated carbocycles. The summed E-state index contributed by atoms with van der Waals surface area (Å²) in [6, 6.07) is 16.7. The summed E-state index contributed by atoms with van der Waals surface area (Å²) < 4.78 is 0. The van der Waals surface area contributed by atoms with E-state index in [0.29, 0.717) is 6.54 Å². The average Bonchev–Trinajstić information content (AvgIpc) is 2.45. The first kappa shape index (κ1) is 16.4. The quantitative estimate of drug-likeness (QED) is 0.760. The van der Waals surface area contributed by atoms with Gasteiger partial charge in [0.2, 0.25) is 0 Å². The van der Waals surface area contributed by atoms with Crippen LogP contribution in [-0.4, -0.2) is 6.54 Å². The Morgan fingerprint density at radius 1 is 1.05 bits per heavy atom. The van der Waals surface area contributed by atoms with Crippen molar-refractivity contribution in [3.63, 3.8) is 0 Å². The van der Waals surface area contributed by atoms with Crippen LogP contribution in [0.2, 0.25) is 5.02 Å². The maximum atomic E-state index is 6.28. The molecule has 1 unspecified atom stereocenters. The molecular formula is C18H22ClNS. The van der Waals surface area contributed by atoms with Gasteiger partial charge in [0.15, 0.2) is 0 Å². The number of benzene rings is 2. The van der Waals surface area contributed by atoms with Crippen LogP contribution < -0.4 is 5.73 Å². The molecule has 0 bridgehead atoms. The third-order valence-electron chi connectivity index (χ3n) is 3.46. The van der Waals surface area contributed by atoms with Crippen LogP contribution >= 0.6 is 23.4 Å². The fourth-order valence-electron chi connectivity index (χ4n) is 2.17. The lowest BCUT2D eigenvalue weighted by Crippen LogP contribution is -2.11. The summed E-state index contributed by atoms with van der Waals surface area (Å²) in [5, 5.41) is 0.964. The van der Waals surface area contributed by atoms with Crippen molar-refractivity contribution < 1.29 is 0 Å². The van der Waals surface area contributed by atoms with E-state index in [1.54, 1.807) is 11.8 Å². The van der Waals surface area contributed by atoms with Crippen LogP contribution in [0.1, 0.15) is 37.1 Å². The van der Waals surface area contributed by atoms with Crippen LogP contribution in [0.3, 0.4) is 0 Å². The minimum absolute atomic E-state index is 0.180. The minimum atomic E-state index is 0.180. The van der Waals surface area contributed by atoms with Gasteiger partial charge in [0, 0.05) is 21.7 Å². The van der Waals surface area contributed by atoms with Crippen molar-refractivity contribution in [2.75, 3.05) is 6.54 Å². The number of rotatable bonds is 4. The zero-order valence-electron chi connectivity index (χ0n) is 12.8. The zero-order chi connectivity index (χ0) is 15.5. The molecular weight excluding hydrogens is 298 g/mol. The lowest BCUT2D eigenvalue weighted by Gasteiger charge is -2.20. The largest absolute Gasteiger partial charge is 0.329 e. The molecule has 2 aromatic rings. The monoisotopic (exact) mass is 319 g/mol. The molecule has 1 atom stereocenters. The van der Waals surface area contributed by atoms with E-state index in [1.807, 2.05) is 18.2 Å². The van der Waals surface area contributed by atoms with Crippen LogP contribution in [0, 0.1) is 0 Å². The number of nitrogens with two attached hydrogens (primary N) is 1. The molecule has 2 rings (SSSR count). The normalized spacial score (nSPS) is 13.2. The third kappa shape index (κ3) is 4.26. The highest BCUT2D eigenvalue weighted by molar-refractivity contribution is 7.99. The Morgan fingerprint density at radius 2 is 1.67 bits per heavy atom. The van der Waals surface area contributed by atoms with Gasteiger partial charge in [-0.1, -0.05) is 62.7 Å². The van der Waals surface area contributed by atoms with Gasteiger partial charge in [0.05, 0.1) is 0 Å². The summed E-state index contributed by atoms with van der Waals surface area (Å²) in [7, 11) is 0. The summed E-state index contributed by atoms with van der Waals surface area (Å²) in [5.41, 5.74) is 8.57. The van der Waals surface area contributed by atoms with E-state index >= 15 is 0 Å². The van der Waals surface area contributed by atoms with E-state index < -0.39 is 0 Å². The number of hydrogen-bond acceptors (Lipinski definition) is 2. The number of halogens is 1. The Hall–Kier alpha value is -0.960. The van der Waals surface area contributed by atoms with Gasteiger partial charge in [0.25, 0.3) is 0 Å². The summed E-state index contributed by atoms with van der Waals surface area (Å²) in [6.45, 7) is 7.24. The number of hydrogen-bond donors (Lipinski definition) is 1. The summed E-state index contributed by atoms with van der Waals surface area (Å²) >= 11 is 8.05. The van der Waals surface area contributed by atoms with E-state index in [0.717, 1.165) is 10.6 Å². The molecule has 0 aliphatic carbocycles. The van der Waals surface area contributed by atoms with Crippen LogP contribution in [0.15, 0.2) is 53.4 Å². The van der Waals surface area contributed by atoms with Gasteiger partial charge >= 0.3 is 0 Å². The van der Waals surface area contributed by atoms with Gasteiger partial charge in [-0.05, 0) is 34.7 Å². The maximum Gasteiger partial charge on any atom is 0.0481 e. The Bertz CT molecular complexity index is 587. The Kier molecular flexibility index (Phi) is 5.37. The summed E-state index contributed by atoms with van der Waals surface area (Å²) in [4.78, 5) is 1.22. The second-order valence-corrected chi connectivity index (χ2v) is 7.82. The van der Waals surface area contributed by atoms with E-state index in [1.165, 1.54) is 10.5 Å². The molecule has 0 aromatic heterocycles. The first-order chi connectivity index (χ1) is 9.91. The van der Waals surface area contributed by atoms with Crippen molar-refractivity contribution in [3.8, 4) is 0 Å². The highest BCUT2D eigenvalue weighted by Crippen LogP contribution is 2.38. The lowest BCUT2D eigenvalue weighted by molar-refractivity contribution is 0.590. The smallest absolute Gasteiger partial charge is 0.0481 e. The van der Waals surface area contributed by atoms with Gasteiger partial charge in [-0.2, -0.15) is 0 Å². The van der Waals surface area contributed by atoms with Crippen molar-refractivity contribution in [1.29, 1.82) is 0 Å². The van der Waals surface area contributed by atoms with E-state index in [2.05, 4.69) is 51.1 Å². The maximum absolute atomic E-state index is 6.28. The van der Waals surface area contributed by atoms with Crippen molar-refractivity contribution in [2.24, 2.45) is 5.73 Å². The molecule has 3 heteroatoms. The number of thioether (sulfide) groups is 1. The Balaban J connectivity index is 2.18. The van der Waals surface area contributed by atoms with Crippen molar-refractivity contribution in [1.82, 2.24) is 0 Å². The summed E-state index contributed by atoms with van der Waals surface area (Å²) in [5.74, 6) is 0. The second kappa shape index (κ2) is 6.87. The third-order valence-corrected chi connectivity index (χ3v) is 5.08.